The van der Waals surface area contributed by atoms with Crippen molar-refractivity contribution in [3.63, 3.8) is 0 Å². The Morgan fingerprint density at radius 1 is 1.00 bits per heavy atom. The average molecular weight is 544 g/mol. The maximum atomic E-state index is 13.3. The summed E-state index contributed by atoms with van der Waals surface area (Å²) in [4.78, 5) is 31.6. The van der Waals surface area contributed by atoms with Crippen LogP contribution in [0.15, 0.2) is 72.8 Å². The number of benzene rings is 3. The highest BCUT2D eigenvalue weighted by Gasteiger charge is 2.29. The van der Waals surface area contributed by atoms with E-state index in [-0.39, 0.29) is 30.2 Å². The molecule has 2 amide bonds. The largest absolute Gasteiger partial charge is 0.370 e. The normalized spacial score (nSPS) is 16.4. The van der Waals surface area contributed by atoms with E-state index in [9.17, 15) is 9.59 Å². The highest BCUT2D eigenvalue weighted by atomic mass is 35.5. The Bertz CT molecular complexity index is 1450. The molecule has 2 atom stereocenters. The molecule has 8 heteroatoms. The summed E-state index contributed by atoms with van der Waals surface area (Å²) in [6, 6.07) is 23.7. The number of nitrogens with zero attached hydrogens (tertiary/aromatic N) is 3. The Morgan fingerprint density at radius 3 is 2.41 bits per heavy atom. The topological polar surface area (TPSA) is 107 Å². The summed E-state index contributed by atoms with van der Waals surface area (Å²) < 4.78 is 2.10. The molecule has 202 valence electrons. The maximum Gasteiger partial charge on any atom is 0.224 e. The summed E-state index contributed by atoms with van der Waals surface area (Å²) in [5.41, 5.74) is 17.1. The predicted octanol–water partition coefficient (Wildman–Crippen LogP) is 4.90. The zero-order valence-electron chi connectivity index (χ0n) is 21.9. The van der Waals surface area contributed by atoms with Crippen LogP contribution < -0.4 is 11.5 Å². The minimum atomic E-state index is -0.340. The molecule has 0 aliphatic carbocycles. The van der Waals surface area contributed by atoms with Gasteiger partial charge in [0.1, 0.15) is 5.82 Å². The van der Waals surface area contributed by atoms with Crippen LogP contribution >= 0.6 is 11.6 Å². The van der Waals surface area contributed by atoms with Gasteiger partial charge in [-0.25, -0.2) is 4.98 Å². The van der Waals surface area contributed by atoms with Gasteiger partial charge in [0, 0.05) is 49.5 Å². The van der Waals surface area contributed by atoms with Crippen molar-refractivity contribution in [1.82, 2.24) is 14.5 Å². The predicted molar refractivity (Wildman–Crippen MR) is 155 cm³/mol. The Morgan fingerprint density at radius 2 is 1.69 bits per heavy atom. The molecule has 1 aliphatic heterocycles. The molecule has 1 aromatic heterocycles. The summed E-state index contributed by atoms with van der Waals surface area (Å²) in [7, 11) is 0. The van der Waals surface area contributed by atoms with Gasteiger partial charge >= 0.3 is 0 Å². The second kappa shape index (κ2) is 12.0. The van der Waals surface area contributed by atoms with E-state index in [2.05, 4.69) is 28.8 Å². The number of primary amides is 1. The van der Waals surface area contributed by atoms with Gasteiger partial charge in [-0.05, 0) is 60.2 Å². The van der Waals surface area contributed by atoms with E-state index in [4.69, 9.17) is 28.1 Å². The zero-order chi connectivity index (χ0) is 27.4. The summed E-state index contributed by atoms with van der Waals surface area (Å²) in [6.07, 6.45) is 3.02. The monoisotopic (exact) mass is 543 g/mol. The van der Waals surface area contributed by atoms with Gasteiger partial charge in [0.25, 0.3) is 0 Å². The van der Waals surface area contributed by atoms with E-state index in [0.29, 0.717) is 31.0 Å². The lowest BCUT2D eigenvalue weighted by Gasteiger charge is -2.33. The molecule has 5 rings (SSSR count). The standard InChI is InChI=1S/C31H34ClN5O2/c32-25-13-11-23(12-14-25)22-9-7-21(8-10-22)18-26(33)19-30(39)36-16-3-4-24(20-36)31-35-27-5-1-2-6-28(27)37(31)17-15-29(34)38/h1-2,5-14,24,26H,3-4,15-20,33H2,(H2,34,38). The van der Waals surface area contributed by atoms with Crippen LogP contribution in [0.2, 0.25) is 5.02 Å². The van der Waals surface area contributed by atoms with Gasteiger partial charge in [-0.3, -0.25) is 9.59 Å². The third-order valence-corrected chi connectivity index (χ3v) is 7.72. The molecule has 0 spiro atoms. The molecule has 2 unspecified atom stereocenters. The number of hydrogen-bond donors (Lipinski definition) is 2. The Hall–Kier alpha value is -3.68. The molecule has 39 heavy (non-hydrogen) atoms. The number of fused-ring (bicyclic) bond motifs is 1. The van der Waals surface area contributed by atoms with Crippen LogP contribution in [0.4, 0.5) is 0 Å². The number of carbonyl (C=O) groups excluding carboxylic acids is 2. The Labute approximate surface area is 233 Å². The fourth-order valence-electron chi connectivity index (χ4n) is 5.48. The lowest BCUT2D eigenvalue weighted by Crippen LogP contribution is -2.42. The third-order valence-electron chi connectivity index (χ3n) is 7.47. The van der Waals surface area contributed by atoms with E-state index in [0.717, 1.165) is 52.9 Å². The first-order chi connectivity index (χ1) is 18.9. The van der Waals surface area contributed by atoms with Crippen molar-refractivity contribution in [2.75, 3.05) is 13.1 Å². The highest BCUT2D eigenvalue weighted by molar-refractivity contribution is 6.30. The van der Waals surface area contributed by atoms with Crippen LogP contribution in [-0.2, 0) is 22.6 Å². The number of likely N-dealkylation sites (tertiary alicyclic amines) is 1. The molecule has 1 aliphatic rings. The number of rotatable bonds is 9. The molecule has 3 aromatic carbocycles. The highest BCUT2D eigenvalue weighted by Crippen LogP contribution is 2.30. The number of para-hydroxylation sites is 2. The number of carbonyl (C=O) groups is 2. The first kappa shape index (κ1) is 26.9. The molecule has 1 fully saturated rings. The van der Waals surface area contributed by atoms with Crippen LogP contribution in [0.3, 0.4) is 0 Å². The fourth-order valence-corrected chi connectivity index (χ4v) is 5.61. The zero-order valence-corrected chi connectivity index (χ0v) is 22.7. The first-order valence-electron chi connectivity index (χ1n) is 13.5. The smallest absolute Gasteiger partial charge is 0.224 e. The lowest BCUT2D eigenvalue weighted by molar-refractivity contribution is -0.132. The number of imidazole rings is 1. The van der Waals surface area contributed by atoms with E-state index < -0.39 is 0 Å². The third kappa shape index (κ3) is 6.49. The lowest BCUT2D eigenvalue weighted by atomic mass is 9.95. The number of hydrogen-bond acceptors (Lipinski definition) is 4. The minimum absolute atomic E-state index is 0.0739. The number of nitrogens with two attached hydrogens (primary N) is 2. The average Bonchev–Trinajstić information content (AvgIpc) is 3.31. The van der Waals surface area contributed by atoms with Gasteiger partial charge in [0.2, 0.25) is 11.8 Å². The van der Waals surface area contributed by atoms with Crippen LogP contribution in [-0.4, -0.2) is 45.4 Å². The van der Waals surface area contributed by atoms with E-state index in [1.807, 2.05) is 53.4 Å². The second-order valence-electron chi connectivity index (χ2n) is 10.4. The van der Waals surface area contributed by atoms with Crippen molar-refractivity contribution in [1.29, 1.82) is 0 Å². The molecule has 1 saturated heterocycles. The van der Waals surface area contributed by atoms with Crippen molar-refractivity contribution in [2.45, 2.75) is 50.6 Å². The summed E-state index contributed by atoms with van der Waals surface area (Å²) >= 11 is 6.00. The van der Waals surface area contributed by atoms with Gasteiger partial charge in [0.15, 0.2) is 0 Å². The van der Waals surface area contributed by atoms with Crippen LogP contribution in [0.25, 0.3) is 22.2 Å². The van der Waals surface area contributed by atoms with Crippen LogP contribution in [0, 0.1) is 0 Å². The first-order valence-corrected chi connectivity index (χ1v) is 13.9. The summed E-state index contributed by atoms with van der Waals surface area (Å²) in [5.74, 6) is 0.747. The molecule has 2 heterocycles. The van der Waals surface area contributed by atoms with Gasteiger partial charge < -0.3 is 20.9 Å². The number of halogens is 1. The molecular weight excluding hydrogens is 510 g/mol. The van der Waals surface area contributed by atoms with Crippen molar-refractivity contribution in [3.05, 3.63) is 89.2 Å². The Kier molecular flexibility index (Phi) is 8.29. The van der Waals surface area contributed by atoms with E-state index in [1.54, 1.807) is 0 Å². The Balaban J connectivity index is 1.22. The van der Waals surface area contributed by atoms with E-state index >= 15 is 0 Å². The number of aryl methyl sites for hydroxylation is 1. The number of amides is 2. The quantitative estimate of drug-likeness (QED) is 0.313. The number of piperidine rings is 1. The van der Waals surface area contributed by atoms with Crippen molar-refractivity contribution in [2.24, 2.45) is 11.5 Å². The SMILES string of the molecule is NC(=O)CCn1c(C2CCCN(C(=O)CC(N)Cc3ccc(-c4ccc(Cl)cc4)cc3)C2)nc2ccccc21. The molecule has 7 nitrogen and oxygen atoms in total. The molecule has 4 aromatic rings. The molecular formula is C31H34ClN5O2. The fraction of sp³-hybridized carbons (Fsp3) is 0.323. The van der Waals surface area contributed by atoms with E-state index in [1.165, 1.54) is 0 Å². The van der Waals surface area contributed by atoms with Gasteiger partial charge in [-0.1, -0.05) is 60.1 Å². The maximum absolute atomic E-state index is 13.3. The van der Waals surface area contributed by atoms with Crippen molar-refractivity contribution in [3.8, 4) is 11.1 Å². The summed E-state index contributed by atoms with van der Waals surface area (Å²) in [6.45, 7) is 1.80. The summed E-state index contributed by atoms with van der Waals surface area (Å²) in [5, 5.41) is 0.716. The van der Waals surface area contributed by atoms with Gasteiger partial charge in [0.05, 0.1) is 11.0 Å². The number of aromatic nitrogens is 2. The van der Waals surface area contributed by atoms with Gasteiger partial charge in [-0.15, -0.1) is 0 Å². The second-order valence-corrected chi connectivity index (χ2v) is 10.8. The van der Waals surface area contributed by atoms with Gasteiger partial charge in [-0.2, -0.15) is 0 Å². The molecule has 0 saturated carbocycles. The minimum Gasteiger partial charge on any atom is -0.370 e. The molecule has 4 N–H and O–H groups in total. The molecule has 0 radical (unpaired) electrons. The van der Waals surface area contributed by atoms with Crippen molar-refractivity contribution >= 4 is 34.4 Å². The van der Waals surface area contributed by atoms with Crippen molar-refractivity contribution < 1.29 is 9.59 Å². The van der Waals surface area contributed by atoms with Crippen LogP contribution in [0.1, 0.15) is 43.0 Å². The molecule has 0 bridgehead atoms. The van der Waals surface area contributed by atoms with Crippen LogP contribution in [0.5, 0.6) is 0 Å².